The van der Waals surface area contributed by atoms with Crippen molar-refractivity contribution in [2.24, 2.45) is 30.9 Å². The Morgan fingerprint density at radius 3 is 2.64 bits per heavy atom. The van der Waals surface area contributed by atoms with Crippen molar-refractivity contribution in [2.75, 3.05) is 0 Å². The maximum Gasteiger partial charge on any atom is 0.348 e. The lowest BCUT2D eigenvalue weighted by Gasteiger charge is -1.76. The number of carboxylic acid groups (broad SMARTS) is 1. The highest BCUT2D eigenvalue weighted by atomic mass is 16.4. The molecule has 0 aromatic rings. The molecule has 0 radical (unpaired) electrons. The van der Waals surface area contributed by atoms with Crippen molar-refractivity contribution in [3.8, 4) is 0 Å². The lowest BCUT2D eigenvalue weighted by molar-refractivity contribution is -0.128. The number of carbonyl (C=O) groups is 1. The number of nitrogens with zero attached hydrogens (tertiary/aromatic N) is 6. The van der Waals surface area contributed by atoms with Gasteiger partial charge in [-0.05, 0) is 10.4 Å². The van der Waals surface area contributed by atoms with Crippen LogP contribution in [0.5, 0.6) is 0 Å². The molecule has 0 spiro atoms. The lowest BCUT2D eigenvalue weighted by atomic mass is 10.8. The van der Waals surface area contributed by atoms with Gasteiger partial charge in [-0.25, -0.2) is 4.79 Å². The van der Waals surface area contributed by atoms with Crippen LogP contribution in [-0.2, 0) is 4.79 Å². The number of hydrogen-bond donors (Lipinski definition) is 1. The Labute approximate surface area is 60.0 Å². The van der Waals surface area contributed by atoms with Crippen LogP contribution in [0.3, 0.4) is 0 Å². The van der Waals surface area contributed by atoms with Crippen LogP contribution in [-0.4, -0.2) is 23.2 Å². The molecule has 1 aliphatic heterocycles. The average molecular weight is 154 g/mol. The average Bonchev–Trinajstić information content (AvgIpc) is 2.39. The van der Waals surface area contributed by atoms with Gasteiger partial charge in [0, 0.05) is 0 Å². The second-order valence-corrected chi connectivity index (χ2v) is 1.36. The summed E-state index contributed by atoms with van der Waals surface area (Å²) in [4.78, 5) is 9.85. The van der Waals surface area contributed by atoms with Crippen LogP contribution >= 0.6 is 0 Å². The molecule has 0 aliphatic carbocycles. The van der Waals surface area contributed by atoms with Crippen molar-refractivity contribution in [1.29, 1.82) is 0 Å². The molecule has 56 valence electrons. The SMILES string of the molecule is O=C(O)/C=N/N=C1N=NN=N1. The minimum Gasteiger partial charge on any atom is -0.477 e. The highest BCUT2D eigenvalue weighted by Crippen LogP contribution is 1.96. The Hall–Kier alpha value is -1.99. The van der Waals surface area contributed by atoms with Gasteiger partial charge >= 0.3 is 11.9 Å². The van der Waals surface area contributed by atoms with Crippen molar-refractivity contribution >= 4 is 18.1 Å². The molecule has 0 amide bonds. The van der Waals surface area contributed by atoms with Crippen molar-refractivity contribution < 1.29 is 9.90 Å². The van der Waals surface area contributed by atoms with Gasteiger partial charge in [0.1, 0.15) is 6.21 Å². The molecule has 0 bridgehead atoms. The third kappa shape index (κ3) is 2.39. The van der Waals surface area contributed by atoms with E-state index >= 15 is 0 Å². The number of carboxylic acids is 1. The van der Waals surface area contributed by atoms with Gasteiger partial charge in [0.2, 0.25) is 0 Å². The summed E-state index contributed by atoms with van der Waals surface area (Å²) >= 11 is 0. The zero-order valence-electron chi connectivity index (χ0n) is 5.12. The summed E-state index contributed by atoms with van der Waals surface area (Å²) in [6.45, 7) is 0. The molecular weight excluding hydrogens is 152 g/mol. The van der Waals surface area contributed by atoms with Gasteiger partial charge < -0.3 is 5.11 Å². The summed E-state index contributed by atoms with van der Waals surface area (Å²) in [6, 6.07) is 0. The Balaban J connectivity index is 2.54. The maximum absolute atomic E-state index is 9.85. The summed E-state index contributed by atoms with van der Waals surface area (Å²) in [7, 11) is 0. The predicted molar refractivity (Wildman–Crippen MR) is 33.3 cm³/mol. The Kier molecular flexibility index (Phi) is 2.10. The minimum atomic E-state index is -1.19. The normalized spacial score (nSPS) is 14.7. The van der Waals surface area contributed by atoms with Gasteiger partial charge in [-0.1, -0.05) is 10.2 Å². The van der Waals surface area contributed by atoms with Crippen LogP contribution in [0.15, 0.2) is 30.9 Å². The highest BCUT2D eigenvalue weighted by molar-refractivity contribution is 6.22. The fourth-order valence-electron chi connectivity index (χ4n) is 0.310. The fraction of sp³-hybridized carbons (Fsp3) is 0. The molecule has 0 aromatic carbocycles. The van der Waals surface area contributed by atoms with Gasteiger partial charge in [0.25, 0.3) is 0 Å². The number of guanidine groups is 1. The quantitative estimate of drug-likeness (QED) is 0.453. The molecule has 0 fully saturated rings. The first-order chi connectivity index (χ1) is 5.29. The maximum atomic E-state index is 9.85. The first-order valence-electron chi connectivity index (χ1n) is 2.45. The van der Waals surface area contributed by atoms with Crippen LogP contribution in [0.4, 0.5) is 0 Å². The Bertz CT molecular complexity index is 262. The first-order valence-corrected chi connectivity index (χ1v) is 2.45. The van der Waals surface area contributed by atoms with Gasteiger partial charge in [0.05, 0.1) is 0 Å². The zero-order valence-corrected chi connectivity index (χ0v) is 5.12. The molecular formula is C3H2N6O2. The van der Waals surface area contributed by atoms with Crippen LogP contribution < -0.4 is 0 Å². The summed E-state index contributed by atoms with van der Waals surface area (Å²) in [5.41, 5.74) is 0. The molecule has 8 heteroatoms. The van der Waals surface area contributed by atoms with E-state index in [1.807, 2.05) is 0 Å². The number of rotatable bonds is 2. The smallest absolute Gasteiger partial charge is 0.348 e. The molecule has 1 rings (SSSR count). The van der Waals surface area contributed by atoms with E-state index in [0.717, 1.165) is 0 Å². The molecule has 1 aliphatic rings. The second kappa shape index (κ2) is 3.25. The minimum absolute atomic E-state index is 0.0671. The van der Waals surface area contributed by atoms with Gasteiger partial charge in [0.15, 0.2) is 0 Å². The predicted octanol–water partition coefficient (Wildman–Crippen LogP) is 0.246. The Morgan fingerprint density at radius 1 is 1.45 bits per heavy atom. The van der Waals surface area contributed by atoms with Crippen LogP contribution in [0.1, 0.15) is 0 Å². The van der Waals surface area contributed by atoms with Crippen molar-refractivity contribution in [1.82, 2.24) is 0 Å². The van der Waals surface area contributed by atoms with Crippen molar-refractivity contribution in [3.63, 3.8) is 0 Å². The molecule has 11 heavy (non-hydrogen) atoms. The summed E-state index contributed by atoms with van der Waals surface area (Å²) in [5.74, 6) is -1.26. The van der Waals surface area contributed by atoms with Gasteiger partial charge in [-0.15, -0.1) is 10.2 Å². The van der Waals surface area contributed by atoms with E-state index in [-0.39, 0.29) is 5.96 Å². The van der Waals surface area contributed by atoms with E-state index in [0.29, 0.717) is 6.21 Å². The Morgan fingerprint density at radius 2 is 2.09 bits per heavy atom. The highest BCUT2D eigenvalue weighted by Gasteiger charge is 1.97. The van der Waals surface area contributed by atoms with E-state index in [2.05, 4.69) is 30.9 Å². The fourth-order valence-corrected chi connectivity index (χ4v) is 0.310. The topological polar surface area (TPSA) is 111 Å². The second-order valence-electron chi connectivity index (χ2n) is 1.36. The first kappa shape index (κ1) is 7.12. The number of hydrogen-bond acceptors (Lipinski definition) is 5. The standard InChI is InChI=1S/C3H2N6O2/c10-2(11)1-4-5-3-6-8-9-7-3/h1H,(H,10,11)/b4-1+. The lowest BCUT2D eigenvalue weighted by Crippen LogP contribution is -1.94. The van der Waals surface area contributed by atoms with E-state index < -0.39 is 5.97 Å². The van der Waals surface area contributed by atoms with Crippen molar-refractivity contribution in [2.45, 2.75) is 0 Å². The zero-order chi connectivity index (χ0) is 8.10. The summed E-state index contributed by atoms with van der Waals surface area (Å²) in [5, 5.41) is 27.1. The van der Waals surface area contributed by atoms with Gasteiger partial charge in [-0.2, -0.15) is 0 Å². The number of aliphatic carboxylic acids is 1. The third-order valence-corrected chi connectivity index (χ3v) is 0.624. The van der Waals surface area contributed by atoms with Crippen molar-refractivity contribution in [3.05, 3.63) is 0 Å². The van der Waals surface area contributed by atoms with E-state index in [1.165, 1.54) is 0 Å². The summed E-state index contributed by atoms with van der Waals surface area (Å²) in [6.07, 6.45) is 0.607. The van der Waals surface area contributed by atoms with E-state index in [9.17, 15) is 4.79 Å². The van der Waals surface area contributed by atoms with E-state index in [4.69, 9.17) is 5.11 Å². The molecule has 1 N–H and O–H groups in total. The summed E-state index contributed by atoms with van der Waals surface area (Å²) < 4.78 is 0. The van der Waals surface area contributed by atoms with Gasteiger partial charge in [-0.3, -0.25) is 0 Å². The van der Waals surface area contributed by atoms with Crippen LogP contribution in [0.25, 0.3) is 0 Å². The molecule has 8 nitrogen and oxygen atoms in total. The molecule has 0 unspecified atom stereocenters. The third-order valence-electron chi connectivity index (χ3n) is 0.624. The van der Waals surface area contributed by atoms with Crippen LogP contribution in [0.2, 0.25) is 0 Å². The largest absolute Gasteiger partial charge is 0.477 e. The molecule has 1 heterocycles. The molecule has 0 saturated heterocycles. The molecule has 0 saturated carbocycles. The molecule has 0 aromatic heterocycles. The van der Waals surface area contributed by atoms with Crippen LogP contribution in [0, 0.1) is 0 Å². The van der Waals surface area contributed by atoms with E-state index in [1.54, 1.807) is 0 Å². The molecule has 0 atom stereocenters. The monoisotopic (exact) mass is 154 g/mol.